The van der Waals surface area contributed by atoms with Crippen LogP contribution in [0.3, 0.4) is 0 Å². The van der Waals surface area contributed by atoms with E-state index in [-0.39, 0.29) is 6.04 Å². The molecule has 0 radical (unpaired) electrons. The lowest BCUT2D eigenvalue weighted by Gasteiger charge is -2.17. The normalized spacial score (nSPS) is 12.2. The predicted molar refractivity (Wildman–Crippen MR) is 80.4 cm³/mol. The molecule has 1 unspecified atom stereocenters. The molecule has 4 heteroatoms. The van der Waals surface area contributed by atoms with Crippen molar-refractivity contribution < 1.29 is 4.74 Å². The highest BCUT2D eigenvalue weighted by atomic mass is 16.5. The minimum Gasteiger partial charge on any atom is -0.492 e. The standard InChI is InChI=1S/C16H21N3O/c1-3-20-15-9-14(10-18-11-15)16(19-17)8-13-6-4-12(2)5-7-13/h4-7,9-11,16,19H,3,8,17H2,1-2H3. The molecule has 106 valence electrons. The van der Waals surface area contributed by atoms with Gasteiger partial charge in [-0.15, -0.1) is 0 Å². The second kappa shape index (κ2) is 7.03. The fourth-order valence-electron chi connectivity index (χ4n) is 2.10. The van der Waals surface area contributed by atoms with Gasteiger partial charge in [0.25, 0.3) is 0 Å². The van der Waals surface area contributed by atoms with E-state index in [1.54, 1.807) is 6.20 Å². The van der Waals surface area contributed by atoms with E-state index < -0.39 is 0 Å². The van der Waals surface area contributed by atoms with Crippen molar-refractivity contribution in [3.8, 4) is 5.75 Å². The van der Waals surface area contributed by atoms with Crippen molar-refractivity contribution in [1.82, 2.24) is 10.4 Å². The monoisotopic (exact) mass is 271 g/mol. The van der Waals surface area contributed by atoms with Crippen molar-refractivity contribution in [2.24, 2.45) is 5.84 Å². The molecule has 0 saturated carbocycles. The van der Waals surface area contributed by atoms with Crippen LogP contribution in [0, 0.1) is 6.92 Å². The molecule has 1 aromatic carbocycles. The fourth-order valence-corrected chi connectivity index (χ4v) is 2.10. The van der Waals surface area contributed by atoms with Gasteiger partial charge in [0.05, 0.1) is 18.8 Å². The SMILES string of the molecule is CCOc1cncc(C(Cc2ccc(C)cc2)NN)c1. The maximum Gasteiger partial charge on any atom is 0.137 e. The van der Waals surface area contributed by atoms with Gasteiger partial charge in [-0.25, -0.2) is 0 Å². The molecule has 0 amide bonds. The lowest BCUT2D eigenvalue weighted by molar-refractivity contribution is 0.338. The third kappa shape index (κ3) is 3.79. The second-order valence-corrected chi connectivity index (χ2v) is 4.80. The summed E-state index contributed by atoms with van der Waals surface area (Å²) in [5.74, 6) is 6.46. The summed E-state index contributed by atoms with van der Waals surface area (Å²) in [5, 5.41) is 0. The van der Waals surface area contributed by atoms with Gasteiger partial charge < -0.3 is 4.74 Å². The average molecular weight is 271 g/mol. The first-order valence-corrected chi connectivity index (χ1v) is 6.82. The Morgan fingerprint density at radius 2 is 2.00 bits per heavy atom. The molecule has 0 aliphatic carbocycles. The number of nitrogens with zero attached hydrogens (tertiary/aromatic N) is 1. The molecular weight excluding hydrogens is 250 g/mol. The summed E-state index contributed by atoms with van der Waals surface area (Å²) >= 11 is 0. The Balaban J connectivity index is 2.15. The first kappa shape index (κ1) is 14.5. The van der Waals surface area contributed by atoms with E-state index >= 15 is 0 Å². The van der Waals surface area contributed by atoms with Crippen molar-refractivity contribution in [3.63, 3.8) is 0 Å². The van der Waals surface area contributed by atoms with Crippen LogP contribution in [0.2, 0.25) is 0 Å². The third-order valence-corrected chi connectivity index (χ3v) is 3.21. The van der Waals surface area contributed by atoms with E-state index in [9.17, 15) is 0 Å². The number of aromatic nitrogens is 1. The number of nitrogens with one attached hydrogen (secondary N) is 1. The summed E-state index contributed by atoms with van der Waals surface area (Å²) in [6, 6.07) is 10.5. The molecule has 0 spiro atoms. The maximum absolute atomic E-state index is 5.69. The third-order valence-electron chi connectivity index (χ3n) is 3.21. The zero-order chi connectivity index (χ0) is 14.4. The molecule has 20 heavy (non-hydrogen) atoms. The van der Waals surface area contributed by atoms with Crippen molar-refractivity contribution in [3.05, 3.63) is 59.4 Å². The minimum absolute atomic E-state index is 0.0191. The van der Waals surface area contributed by atoms with Crippen molar-refractivity contribution >= 4 is 0 Å². The van der Waals surface area contributed by atoms with Gasteiger partial charge in [-0.2, -0.15) is 0 Å². The molecule has 0 aliphatic rings. The second-order valence-electron chi connectivity index (χ2n) is 4.80. The van der Waals surface area contributed by atoms with Gasteiger partial charge >= 0.3 is 0 Å². The summed E-state index contributed by atoms with van der Waals surface area (Å²) in [5.41, 5.74) is 6.37. The Hall–Kier alpha value is -1.91. The molecule has 2 aromatic rings. The average Bonchev–Trinajstić information content (AvgIpc) is 2.47. The summed E-state index contributed by atoms with van der Waals surface area (Å²) in [6.07, 6.45) is 4.35. The van der Waals surface area contributed by atoms with Crippen molar-refractivity contribution in [2.45, 2.75) is 26.3 Å². The van der Waals surface area contributed by atoms with E-state index in [1.165, 1.54) is 11.1 Å². The van der Waals surface area contributed by atoms with E-state index in [0.29, 0.717) is 6.61 Å². The van der Waals surface area contributed by atoms with Crippen LogP contribution in [-0.4, -0.2) is 11.6 Å². The van der Waals surface area contributed by atoms with Crippen LogP contribution < -0.4 is 16.0 Å². The highest BCUT2D eigenvalue weighted by Gasteiger charge is 2.12. The molecule has 2 rings (SSSR count). The molecular formula is C16H21N3O. The maximum atomic E-state index is 5.69. The van der Waals surface area contributed by atoms with Gasteiger partial charge in [0.1, 0.15) is 5.75 Å². The lowest BCUT2D eigenvalue weighted by atomic mass is 10.00. The highest BCUT2D eigenvalue weighted by molar-refractivity contribution is 5.29. The zero-order valence-corrected chi connectivity index (χ0v) is 12.0. The predicted octanol–water partition coefficient (Wildman–Crippen LogP) is 2.54. The zero-order valence-electron chi connectivity index (χ0n) is 12.0. The molecule has 0 saturated heterocycles. The van der Waals surface area contributed by atoms with E-state index in [1.807, 2.05) is 19.2 Å². The number of nitrogens with two attached hydrogens (primary N) is 1. The Bertz CT molecular complexity index is 540. The first-order valence-electron chi connectivity index (χ1n) is 6.82. The van der Waals surface area contributed by atoms with Gasteiger partial charge in [0.15, 0.2) is 0 Å². The molecule has 1 aromatic heterocycles. The van der Waals surface area contributed by atoms with Crippen LogP contribution in [-0.2, 0) is 6.42 Å². The van der Waals surface area contributed by atoms with Crippen molar-refractivity contribution in [2.75, 3.05) is 6.61 Å². The number of rotatable bonds is 6. The van der Waals surface area contributed by atoms with Gasteiger partial charge in [-0.05, 0) is 37.5 Å². The number of hydrogen-bond donors (Lipinski definition) is 2. The molecule has 3 N–H and O–H groups in total. The van der Waals surface area contributed by atoms with E-state index in [4.69, 9.17) is 10.6 Å². The quantitative estimate of drug-likeness (QED) is 0.626. The van der Waals surface area contributed by atoms with Gasteiger partial charge in [-0.1, -0.05) is 29.8 Å². The number of benzene rings is 1. The fraction of sp³-hybridized carbons (Fsp3) is 0.312. The summed E-state index contributed by atoms with van der Waals surface area (Å²) in [4.78, 5) is 4.21. The molecule has 0 fully saturated rings. The summed E-state index contributed by atoms with van der Waals surface area (Å²) in [6.45, 7) is 4.67. The number of ether oxygens (including phenoxy) is 1. The molecule has 0 aliphatic heterocycles. The van der Waals surface area contributed by atoms with Gasteiger partial charge in [0, 0.05) is 6.20 Å². The Morgan fingerprint density at radius 1 is 1.25 bits per heavy atom. The highest BCUT2D eigenvalue weighted by Crippen LogP contribution is 2.21. The van der Waals surface area contributed by atoms with Crippen LogP contribution in [0.15, 0.2) is 42.7 Å². The largest absolute Gasteiger partial charge is 0.492 e. The Labute approximate surface area is 120 Å². The number of hydrazine groups is 1. The smallest absolute Gasteiger partial charge is 0.137 e. The number of pyridine rings is 1. The van der Waals surface area contributed by atoms with Gasteiger partial charge in [-0.3, -0.25) is 16.3 Å². The molecule has 1 heterocycles. The number of hydrogen-bond acceptors (Lipinski definition) is 4. The lowest BCUT2D eigenvalue weighted by Crippen LogP contribution is -2.29. The van der Waals surface area contributed by atoms with Crippen LogP contribution in [0.4, 0.5) is 0 Å². The summed E-state index contributed by atoms with van der Waals surface area (Å²) < 4.78 is 5.48. The molecule has 4 nitrogen and oxygen atoms in total. The molecule has 0 bridgehead atoms. The summed E-state index contributed by atoms with van der Waals surface area (Å²) in [7, 11) is 0. The topological polar surface area (TPSA) is 60.2 Å². The Kier molecular flexibility index (Phi) is 5.09. The van der Waals surface area contributed by atoms with Crippen LogP contribution >= 0.6 is 0 Å². The van der Waals surface area contributed by atoms with E-state index in [0.717, 1.165) is 17.7 Å². The first-order chi connectivity index (χ1) is 9.72. The van der Waals surface area contributed by atoms with Crippen molar-refractivity contribution in [1.29, 1.82) is 0 Å². The molecule has 1 atom stereocenters. The minimum atomic E-state index is 0.0191. The van der Waals surface area contributed by atoms with Gasteiger partial charge in [0.2, 0.25) is 0 Å². The Morgan fingerprint density at radius 3 is 2.65 bits per heavy atom. The van der Waals surface area contributed by atoms with Crippen LogP contribution in [0.5, 0.6) is 5.75 Å². The van der Waals surface area contributed by atoms with Crippen LogP contribution in [0.25, 0.3) is 0 Å². The number of aryl methyl sites for hydroxylation is 1. The van der Waals surface area contributed by atoms with Crippen LogP contribution in [0.1, 0.15) is 29.7 Å². The van der Waals surface area contributed by atoms with E-state index in [2.05, 4.69) is 41.6 Å².